The van der Waals surface area contributed by atoms with Gasteiger partial charge >= 0.3 is 0 Å². The van der Waals surface area contributed by atoms with E-state index in [2.05, 4.69) is 10.3 Å². The summed E-state index contributed by atoms with van der Waals surface area (Å²) in [6.45, 7) is 0. The van der Waals surface area contributed by atoms with Crippen molar-refractivity contribution in [3.05, 3.63) is 75.5 Å². The van der Waals surface area contributed by atoms with Crippen molar-refractivity contribution < 1.29 is 17.6 Å². The molecule has 0 aliphatic heterocycles. The molecular formula is C18H14ClFN2O3S2. The van der Waals surface area contributed by atoms with Gasteiger partial charge in [0.1, 0.15) is 5.82 Å². The fourth-order valence-corrected chi connectivity index (χ4v) is 4.02. The molecular weight excluding hydrogens is 411 g/mol. The van der Waals surface area contributed by atoms with Crippen LogP contribution < -0.4 is 5.32 Å². The fraction of sp³-hybridized carbons (Fsp3) is 0.111. The van der Waals surface area contributed by atoms with Crippen LogP contribution in [0.1, 0.15) is 20.8 Å². The summed E-state index contributed by atoms with van der Waals surface area (Å²) >= 11 is 7.30. The number of thiazole rings is 1. The molecule has 27 heavy (non-hydrogen) atoms. The standard InChI is InChI=1S/C18H14ClFN2O3S2/c1-27(24,25)14-6-7-16(19)15(9-14)17(23)22-18-21-10-13(26-18)8-11-2-4-12(20)5-3-11/h2-7,9-10H,8H2,1H3,(H,21,22,23). The number of anilines is 1. The van der Waals surface area contributed by atoms with Gasteiger partial charge in [-0.3, -0.25) is 10.1 Å². The van der Waals surface area contributed by atoms with Crippen LogP contribution in [0.4, 0.5) is 9.52 Å². The minimum atomic E-state index is -3.46. The van der Waals surface area contributed by atoms with E-state index in [-0.39, 0.29) is 21.3 Å². The Morgan fingerprint density at radius 2 is 1.93 bits per heavy atom. The van der Waals surface area contributed by atoms with Crippen molar-refractivity contribution in [1.29, 1.82) is 0 Å². The summed E-state index contributed by atoms with van der Waals surface area (Å²) in [5.74, 6) is -0.850. The Labute approximate surface area is 164 Å². The zero-order chi connectivity index (χ0) is 19.6. The topological polar surface area (TPSA) is 76.1 Å². The van der Waals surface area contributed by atoms with E-state index >= 15 is 0 Å². The van der Waals surface area contributed by atoms with Gasteiger partial charge in [0.15, 0.2) is 15.0 Å². The SMILES string of the molecule is CS(=O)(=O)c1ccc(Cl)c(C(=O)Nc2ncc(Cc3ccc(F)cc3)s2)c1. The number of aromatic nitrogens is 1. The molecule has 1 amide bonds. The van der Waals surface area contributed by atoms with Gasteiger partial charge in [-0.1, -0.05) is 23.7 Å². The Morgan fingerprint density at radius 1 is 1.22 bits per heavy atom. The quantitative estimate of drug-likeness (QED) is 0.666. The van der Waals surface area contributed by atoms with Crippen molar-refractivity contribution in [3.8, 4) is 0 Å². The molecule has 0 aliphatic carbocycles. The Bertz CT molecular complexity index is 1100. The molecule has 0 aliphatic rings. The van der Waals surface area contributed by atoms with Crippen molar-refractivity contribution in [2.24, 2.45) is 0 Å². The number of hydrogen-bond donors (Lipinski definition) is 1. The van der Waals surface area contributed by atoms with Crippen molar-refractivity contribution >= 4 is 43.8 Å². The Kier molecular flexibility index (Phi) is 5.59. The lowest BCUT2D eigenvalue weighted by Gasteiger charge is -2.06. The monoisotopic (exact) mass is 424 g/mol. The molecule has 0 atom stereocenters. The number of carbonyl (C=O) groups excluding carboxylic acids is 1. The fourth-order valence-electron chi connectivity index (χ4n) is 2.32. The van der Waals surface area contributed by atoms with Crippen molar-refractivity contribution in [3.63, 3.8) is 0 Å². The third-order valence-electron chi connectivity index (χ3n) is 3.68. The van der Waals surface area contributed by atoms with E-state index in [1.165, 1.54) is 41.7 Å². The molecule has 3 rings (SSSR count). The summed E-state index contributed by atoms with van der Waals surface area (Å²) in [5.41, 5.74) is 0.969. The second kappa shape index (κ2) is 7.75. The minimum absolute atomic E-state index is 0.00758. The number of nitrogens with zero attached hydrogens (tertiary/aromatic N) is 1. The van der Waals surface area contributed by atoms with Gasteiger partial charge in [0, 0.05) is 23.8 Å². The molecule has 0 spiro atoms. The van der Waals surface area contributed by atoms with Crippen molar-refractivity contribution in [2.75, 3.05) is 11.6 Å². The number of halogens is 2. The molecule has 0 bridgehead atoms. The Morgan fingerprint density at radius 3 is 2.59 bits per heavy atom. The van der Waals surface area contributed by atoms with E-state index in [1.807, 2.05) is 0 Å². The zero-order valence-corrected chi connectivity index (χ0v) is 16.5. The average molecular weight is 425 g/mol. The number of benzene rings is 2. The predicted molar refractivity (Wildman–Crippen MR) is 104 cm³/mol. The summed E-state index contributed by atoms with van der Waals surface area (Å²) in [6, 6.07) is 10.1. The van der Waals surface area contributed by atoms with Crippen LogP contribution in [0.2, 0.25) is 5.02 Å². The van der Waals surface area contributed by atoms with E-state index in [4.69, 9.17) is 11.6 Å². The molecule has 2 aromatic carbocycles. The largest absolute Gasteiger partial charge is 0.298 e. The maximum Gasteiger partial charge on any atom is 0.259 e. The number of nitrogens with one attached hydrogen (secondary N) is 1. The molecule has 0 saturated carbocycles. The zero-order valence-electron chi connectivity index (χ0n) is 14.1. The summed E-state index contributed by atoms with van der Waals surface area (Å²) in [4.78, 5) is 17.5. The summed E-state index contributed by atoms with van der Waals surface area (Å²) in [5, 5.41) is 3.12. The van der Waals surface area contributed by atoms with Crippen LogP contribution in [-0.2, 0) is 16.3 Å². The van der Waals surface area contributed by atoms with Crippen LogP contribution in [0.5, 0.6) is 0 Å². The van der Waals surface area contributed by atoms with Gasteiger partial charge in [-0.25, -0.2) is 17.8 Å². The van der Waals surface area contributed by atoms with E-state index < -0.39 is 15.7 Å². The highest BCUT2D eigenvalue weighted by atomic mass is 35.5. The molecule has 0 unspecified atom stereocenters. The van der Waals surface area contributed by atoms with Gasteiger partial charge in [0.2, 0.25) is 0 Å². The van der Waals surface area contributed by atoms with Gasteiger partial charge in [-0.05, 0) is 35.9 Å². The number of amides is 1. The van der Waals surface area contributed by atoms with Crippen LogP contribution in [0.15, 0.2) is 53.6 Å². The van der Waals surface area contributed by atoms with Crippen LogP contribution in [-0.4, -0.2) is 25.6 Å². The van der Waals surface area contributed by atoms with Crippen molar-refractivity contribution in [2.45, 2.75) is 11.3 Å². The average Bonchev–Trinajstić information content (AvgIpc) is 3.03. The van der Waals surface area contributed by atoms with Crippen LogP contribution >= 0.6 is 22.9 Å². The molecule has 1 heterocycles. The third kappa shape index (κ3) is 4.91. The number of hydrogen-bond acceptors (Lipinski definition) is 5. The van der Waals surface area contributed by atoms with E-state index in [0.29, 0.717) is 11.6 Å². The predicted octanol–water partition coefficient (Wildman–Crippen LogP) is 4.18. The maximum absolute atomic E-state index is 13.0. The molecule has 9 heteroatoms. The Hall–Kier alpha value is -2.29. The first-order valence-corrected chi connectivity index (χ1v) is 10.8. The summed E-state index contributed by atoms with van der Waals surface area (Å²) < 4.78 is 36.3. The highest BCUT2D eigenvalue weighted by molar-refractivity contribution is 7.90. The minimum Gasteiger partial charge on any atom is -0.298 e. The normalized spacial score (nSPS) is 11.4. The van der Waals surface area contributed by atoms with E-state index in [1.54, 1.807) is 18.3 Å². The molecule has 1 N–H and O–H groups in total. The molecule has 1 aromatic heterocycles. The van der Waals surface area contributed by atoms with Crippen molar-refractivity contribution in [1.82, 2.24) is 4.98 Å². The van der Waals surface area contributed by atoms with Gasteiger partial charge in [0.05, 0.1) is 15.5 Å². The molecule has 0 saturated heterocycles. The first-order chi connectivity index (χ1) is 12.7. The Balaban J connectivity index is 1.75. The highest BCUT2D eigenvalue weighted by Gasteiger charge is 2.17. The lowest BCUT2D eigenvalue weighted by atomic mass is 10.1. The maximum atomic E-state index is 13.0. The molecule has 5 nitrogen and oxygen atoms in total. The third-order valence-corrected chi connectivity index (χ3v) is 6.03. The van der Waals surface area contributed by atoms with Gasteiger partial charge < -0.3 is 0 Å². The number of sulfone groups is 1. The molecule has 3 aromatic rings. The first kappa shape index (κ1) is 19.5. The lowest BCUT2D eigenvalue weighted by Crippen LogP contribution is -2.13. The molecule has 0 fully saturated rings. The molecule has 0 radical (unpaired) electrons. The summed E-state index contributed by atoms with van der Waals surface area (Å²) in [7, 11) is -3.46. The van der Waals surface area contributed by atoms with E-state index in [9.17, 15) is 17.6 Å². The van der Waals surface area contributed by atoms with Gasteiger partial charge in [-0.2, -0.15) is 0 Å². The molecule has 140 valence electrons. The van der Waals surface area contributed by atoms with Gasteiger partial charge in [-0.15, -0.1) is 11.3 Å². The number of rotatable bonds is 5. The van der Waals surface area contributed by atoms with Crippen LogP contribution in [0.25, 0.3) is 0 Å². The first-order valence-electron chi connectivity index (χ1n) is 7.72. The number of carbonyl (C=O) groups is 1. The highest BCUT2D eigenvalue weighted by Crippen LogP contribution is 2.25. The van der Waals surface area contributed by atoms with Crippen LogP contribution in [0, 0.1) is 5.82 Å². The summed E-state index contributed by atoms with van der Waals surface area (Å²) in [6.07, 6.45) is 3.23. The van der Waals surface area contributed by atoms with E-state index in [0.717, 1.165) is 16.7 Å². The van der Waals surface area contributed by atoms with Crippen LogP contribution in [0.3, 0.4) is 0 Å². The lowest BCUT2D eigenvalue weighted by molar-refractivity contribution is 0.102. The second-order valence-corrected chi connectivity index (χ2v) is 9.34. The second-order valence-electron chi connectivity index (χ2n) is 5.80. The smallest absolute Gasteiger partial charge is 0.259 e. The van der Waals surface area contributed by atoms with Gasteiger partial charge in [0.25, 0.3) is 5.91 Å².